The quantitative estimate of drug-likeness (QED) is 0.903. The molecule has 6 nitrogen and oxygen atoms in total. The third-order valence-electron chi connectivity index (χ3n) is 3.63. The van der Waals surface area contributed by atoms with Crippen LogP contribution in [0.1, 0.15) is 49.4 Å². The van der Waals surface area contributed by atoms with Gasteiger partial charge in [-0.1, -0.05) is 38.1 Å². The zero-order chi connectivity index (χ0) is 17.9. The molecule has 0 aliphatic heterocycles. The molecule has 2 N–H and O–H groups in total. The molecule has 24 heavy (non-hydrogen) atoms. The molecular weight excluding hydrogens is 306 g/mol. The number of aromatic nitrogens is 1. The summed E-state index contributed by atoms with van der Waals surface area (Å²) in [5, 5.41) is 8.95. The highest BCUT2D eigenvalue weighted by molar-refractivity contribution is 6.00. The molecule has 6 heteroatoms. The normalized spacial score (nSPS) is 12.5. The predicted octanol–water partition coefficient (Wildman–Crippen LogP) is 3.04. The molecule has 0 aliphatic rings. The molecule has 1 atom stereocenters. The van der Waals surface area contributed by atoms with E-state index in [9.17, 15) is 9.59 Å². The molecule has 0 spiro atoms. The minimum absolute atomic E-state index is 0.0257. The average molecular weight is 329 g/mol. The van der Waals surface area contributed by atoms with Crippen molar-refractivity contribution in [1.29, 1.82) is 0 Å². The number of carbonyl (C=O) groups excluding carboxylic acids is 2. The molecule has 2 aromatic rings. The first-order valence-electron chi connectivity index (χ1n) is 7.82. The smallest absolute Gasteiger partial charge is 0.251 e. The molecule has 2 amide bonds. The van der Waals surface area contributed by atoms with Crippen molar-refractivity contribution in [1.82, 2.24) is 10.5 Å². The van der Waals surface area contributed by atoms with E-state index in [0.29, 0.717) is 17.1 Å². The van der Waals surface area contributed by atoms with E-state index in [1.807, 2.05) is 12.1 Å². The number of hydrogen-bond acceptors (Lipinski definition) is 4. The van der Waals surface area contributed by atoms with Crippen molar-refractivity contribution in [2.24, 2.45) is 0 Å². The summed E-state index contributed by atoms with van der Waals surface area (Å²) >= 11 is 0. The third-order valence-corrected chi connectivity index (χ3v) is 3.63. The summed E-state index contributed by atoms with van der Waals surface area (Å²) in [5.74, 6) is 0.270. The maximum absolute atomic E-state index is 12.3. The SMILES string of the molecule is Cc1cc(NC(=O)[C@H](C)NC(=O)c2ccc(C(C)(C)C)cc2)no1. The average Bonchev–Trinajstić information content (AvgIpc) is 2.91. The Morgan fingerprint density at radius 1 is 1.17 bits per heavy atom. The van der Waals surface area contributed by atoms with Crippen LogP contribution in [0.25, 0.3) is 0 Å². The van der Waals surface area contributed by atoms with Crippen molar-refractivity contribution in [2.75, 3.05) is 5.32 Å². The van der Waals surface area contributed by atoms with E-state index >= 15 is 0 Å². The Morgan fingerprint density at radius 3 is 2.29 bits per heavy atom. The van der Waals surface area contributed by atoms with Crippen molar-refractivity contribution >= 4 is 17.6 Å². The van der Waals surface area contributed by atoms with Gasteiger partial charge < -0.3 is 15.2 Å². The van der Waals surface area contributed by atoms with Gasteiger partial charge in [0.05, 0.1) is 0 Å². The highest BCUT2D eigenvalue weighted by Crippen LogP contribution is 2.22. The van der Waals surface area contributed by atoms with E-state index < -0.39 is 6.04 Å². The van der Waals surface area contributed by atoms with Gasteiger partial charge in [0.1, 0.15) is 11.8 Å². The van der Waals surface area contributed by atoms with Gasteiger partial charge in [0.2, 0.25) is 5.91 Å². The minimum Gasteiger partial charge on any atom is -0.360 e. The molecule has 0 radical (unpaired) electrons. The zero-order valence-electron chi connectivity index (χ0n) is 14.6. The lowest BCUT2D eigenvalue weighted by Gasteiger charge is -2.19. The van der Waals surface area contributed by atoms with Crippen LogP contribution in [0.3, 0.4) is 0 Å². The summed E-state index contributed by atoms with van der Waals surface area (Å²) in [7, 11) is 0. The molecule has 0 unspecified atom stereocenters. The molecule has 0 saturated carbocycles. The van der Waals surface area contributed by atoms with Gasteiger partial charge >= 0.3 is 0 Å². The Balaban J connectivity index is 1.96. The summed E-state index contributed by atoms with van der Waals surface area (Å²) in [5.41, 5.74) is 1.68. The van der Waals surface area contributed by atoms with Crippen LogP contribution in [0.15, 0.2) is 34.9 Å². The van der Waals surface area contributed by atoms with E-state index in [4.69, 9.17) is 4.52 Å². The Bertz CT molecular complexity index is 727. The lowest BCUT2D eigenvalue weighted by Crippen LogP contribution is -2.41. The molecule has 2 rings (SSSR count). The van der Waals surface area contributed by atoms with Crippen LogP contribution in [0.4, 0.5) is 5.82 Å². The maximum atomic E-state index is 12.3. The summed E-state index contributed by atoms with van der Waals surface area (Å²) in [6, 6.07) is 8.30. The minimum atomic E-state index is -0.697. The van der Waals surface area contributed by atoms with Crippen molar-refractivity contribution < 1.29 is 14.1 Å². The van der Waals surface area contributed by atoms with Crippen LogP contribution < -0.4 is 10.6 Å². The largest absolute Gasteiger partial charge is 0.360 e. The molecule has 0 fully saturated rings. The van der Waals surface area contributed by atoms with Gasteiger partial charge in [0.25, 0.3) is 5.91 Å². The van der Waals surface area contributed by atoms with Crippen molar-refractivity contribution in [3.63, 3.8) is 0 Å². The highest BCUT2D eigenvalue weighted by atomic mass is 16.5. The summed E-state index contributed by atoms with van der Waals surface area (Å²) in [6.45, 7) is 9.68. The number of aryl methyl sites for hydroxylation is 1. The summed E-state index contributed by atoms with van der Waals surface area (Å²) < 4.78 is 4.88. The number of benzene rings is 1. The standard InChI is InChI=1S/C18H23N3O3/c1-11-10-15(21-24-11)20-16(22)12(2)19-17(23)13-6-8-14(9-7-13)18(3,4)5/h6-10,12H,1-5H3,(H,19,23)(H,20,21,22)/t12-/m0/s1. The van der Waals surface area contributed by atoms with Crippen LogP contribution in [-0.2, 0) is 10.2 Å². The lowest BCUT2D eigenvalue weighted by atomic mass is 9.86. The van der Waals surface area contributed by atoms with E-state index in [-0.39, 0.29) is 17.2 Å². The zero-order valence-corrected chi connectivity index (χ0v) is 14.6. The number of hydrogen-bond donors (Lipinski definition) is 2. The Morgan fingerprint density at radius 2 is 1.79 bits per heavy atom. The first-order valence-corrected chi connectivity index (χ1v) is 7.82. The maximum Gasteiger partial charge on any atom is 0.251 e. The van der Waals surface area contributed by atoms with E-state index in [2.05, 4.69) is 36.6 Å². The molecule has 0 bridgehead atoms. The Labute approximate surface area is 141 Å². The van der Waals surface area contributed by atoms with Crippen LogP contribution in [0.2, 0.25) is 0 Å². The van der Waals surface area contributed by atoms with Gasteiger partial charge in [-0.25, -0.2) is 0 Å². The second-order valence-electron chi connectivity index (χ2n) is 6.83. The third kappa shape index (κ3) is 4.44. The van der Waals surface area contributed by atoms with E-state index in [0.717, 1.165) is 5.56 Å². The number of nitrogens with one attached hydrogen (secondary N) is 2. The number of amides is 2. The number of carbonyl (C=O) groups is 2. The second kappa shape index (κ2) is 6.86. The lowest BCUT2D eigenvalue weighted by molar-refractivity contribution is -0.117. The molecule has 0 aliphatic carbocycles. The van der Waals surface area contributed by atoms with Crippen LogP contribution >= 0.6 is 0 Å². The van der Waals surface area contributed by atoms with Gasteiger partial charge in [0.15, 0.2) is 5.82 Å². The van der Waals surface area contributed by atoms with Crippen LogP contribution in [-0.4, -0.2) is 23.0 Å². The fraction of sp³-hybridized carbons (Fsp3) is 0.389. The molecule has 1 heterocycles. The summed E-state index contributed by atoms with van der Waals surface area (Å²) in [4.78, 5) is 24.3. The number of nitrogens with zero attached hydrogens (tertiary/aromatic N) is 1. The van der Waals surface area contributed by atoms with Gasteiger partial charge in [-0.05, 0) is 37.0 Å². The molecule has 1 aromatic heterocycles. The summed E-state index contributed by atoms with van der Waals surface area (Å²) in [6.07, 6.45) is 0. The fourth-order valence-corrected chi connectivity index (χ4v) is 2.13. The van der Waals surface area contributed by atoms with Crippen LogP contribution in [0, 0.1) is 6.92 Å². The second-order valence-corrected chi connectivity index (χ2v) is 6.83. The molecular formula is C18H23N3O3. The van der Waals surface area contributed by atoms with E-state index in [1.165, 1.54) is 0 Å². The molecule has 0 saturated heterocycles. The van der Waals surface area contributed by atoms with Gasteiger partial charge in [0, 0.05) is 11.6 Å². The topological polar surface area (TPSA) is 84.2 Å². The van der Waals surface area contributed by atoms with Crippen LogP contribution in [0.5, 0.6) is 0 Å². The molecule has 128 valence electrons. The monoisotopic (exact) mass is 329 g/mol. The fourth-order valence-electron chi connectivity index (χ4n) is 2.13. The predicted molar refractivity (Wildman–Crippen MR) is 91.9 cm³/mol. The van der Waals surface area contributed by atoms with E-state index in [1.54, 1.807) is 32.0 Å². The van der Waals surface area contributed by atoms with Crippen molar-refractivity contribution in [2.45, 2.75) is 46.1 Å². The van der Waals surface area contributed by atoms with Crippen molar-refractivity contribution in [3.05, 3.63) is 47.2 Å². The number of rotatable bonds is 4. The Hall–Kier alpha value is -2.63. The van der Waals surface area contributed by atoms with Gasteiger partial charge in [-0.15, -0.1) is 0 Å². The van der Waals surface area contributed by atoms with Gasteiger partial charge in [-0.3, -0.25) is 9.59 Å². The Kier molecular flexibility index (Phi) is 5.07. The molecule has 1 aromatic carbocycles. The number of anilines is 1. The van der Waals surface area contributed by atoms with Gasteiger partial charge in [-0.2, -0.15) is 0 Å². The first kappa shape index (κ1) is 17.7. The first-order chi connectivity index (χ1) is 11.2. The van der Waals surface area contributed by atoms with Crippen molar-refractivity contribution in [3.8, 4) is 0 Å². The highest BCUT2D eigenvalue weighted by Gasteiger charge is 2.19.